The van der Waals surface area contributed by atoms with Crippen LogP contribution in [0.4, 0.5) is 0 Å². The minimum Gasteiger partial charge on any atom is -0.465 e. The maximum absolute atomic E-state index is 12.2. The van der Waals surface area contributed by atoms with Crippen LogP contribution in [0.2, 0.25) is 0 Å². The zero-order valence-electron chi connectivity index (χ0n) is 14.9. The molecule has 25 heavy (non-hydrogen) atoms. The Hall–Kier alpha value is -2.41. The fourth-order valence-electron chi connectivity index (χ4n) is 3.06. The van der Waals surface area contributed by atoms with Crippen molar-refractivity contribution in [2.45, 2.75) is 38.9 Å². The molecule has 7 heteroatoms. The molecule has 0 saturated heterocycles. The Morgan fingerprint density at radius 3 is 2.52 bits per heavy atom. The van der Waals surface area contributed by atoms with Crippen molar-refractivity contribution in [2.75, 3.05) is 20.2 Å². The highest BCUT2D eigenvalue weighted by molar-refractivity contribution is 5.85. The maximum Gasteiger partial charge on any atom is 0.365 e. The predicted octanol–water partition coefficient (Wildman–Crippen LogP) is -1.19. The number of fused-ring (bicyclic) bond motifs is 1. The van der Waals surface area contributed by atoms with Crippen molar-refractivity contribution in [2.24, 2.45) is 0 Å². The summed E-state index contributed by atoms with van der Waals surface area (Å²) in [5.41, 5.74) is 2.24. The van der Waals surface area contributed by atoms with Gasteiger partial charge < -0.3 is 20.3 Å². The van der Waals surface area contributed by atoms with Crippen LogP contribution in [-0.2, 0) is 32.1 Å². The molecule has 1 aromatic carbocycles. The SMILES string of the molecule is COC(=O)[C@H]1Cc2ccccc2C[NH+]1CC(=O)NCC(=O)NC(C)C. The van der Waals surface area contributed by atoms with Gasteiger partial charge in [0.05, 0.1) is 13.7 Å². The lowest BCUT2D eigenvalue weighted by Gasteiger charge is -2.31. The van der Waals surface area contributed by atoms with E-state index >= 15 is 0 Å². The summed E-state index contributed by atoms with van der Waals surface area (Å²) in [5, 5.41) is 5.33. The van der Waals surface area contributed by atoms with Crippen LogP contribution in [0.15, 0.2) is 24.3 Å². The Bertz CT molecular complexity index is 645. The highest BCUT2D eigenvalue weighted by Gasteiger charge is 2.37. The number of hydrogen-bond acceptors (Lipinski definition) is 4. The largest absolute Gasteiger partial charge is 0.465 e. The van der Waals surface area contributed by atoms with E-state index in [1.54, 1.807) is 0 Å². The summed E-state index contributed by atoms with van der Waals surface area (Å²) in [5.74, 6) is -0.816. The number of methoxy groups -OCH3 is 1. The minimum atomic E-state index is -0.421. The van der Waals surface area contributed by atoms with Crippen LogP contribution in [0.25, 0.3) is 0 Å². The third-order valence-corrected chi connectivity index (χ3v) is 4.22. The van der Waals surface area contributed by atoms with Gasteiger partial charge in [0, 0.05) is 18.0 Å². The van der Waals surface area contributed by atoms with E-state index < -0.39 is 6.04 Å². The summed E-state index contributed by atoms with van der Waals surface area (Å²) < 4.78 is 4.90. The molecule has 0 fully saturated rings. The molecular formula is C18H26N3O4+. The Kier molecular flexibility index (Phi) is 6.52. The number of carbonyl (C=O) groups excluding carboxylic acids is 3. The van der Waals surface area contributed by atoms with Gasteiger partial charge >= 0.3 is 5.97 Å². The second-order valence-corrected chi connectivity index (χ2v) is 6.56. The molecule has 2 atom stereocenters. The minimum absolute atomic E-state index is 0.0253. The normalized spacial score (nSPS) is 19.0. The highest BCUT2D eigenvalue weighted by Crippen LogP contribution is 2.14. The molecule has 0 spiro atoms. The molecule has 0 saturated carbocycles. The molecule has 2 rings (SSSR count). The monoisotopic (exact) mass is 348 g/mol. The standard InChI is InChI=1S/C18H25N3O4/c1-12(2)20-16(22)9-19-17(23)11-21-10-14-7-5-4-6-13(14)8-15(21)18(24)25-3/h4-7,12,15H,8-11H2,1-3H3,(H,19,23)(H,20,22)/p+1/t15-/m1/s1. The second kappa shape index (κ2) is 8.62. The number of esters is 1. The number of ether oxygens (including phenoxy) is 1. The first-order chi connectivity index (χ1) is 11.9. The number of quaternary nitrogens is 1. The molecule has 1 unspecified atom stereocenters. The van der Waals surface area contributed by atoms with Crippen LogP contribution in [0.5, 0.6) is 0 Å². The van der Waals surface area contributed by atoms with Crippen molar-refractivity contribution in [3.05, 3.63) is 35.4 Å². The van der Waals surface area contributed by atoms with Gasteiger partial charge in [-0.1, -0.05) is 24.3 Å². The Morgan fingerprint density at radius 2 is 1.88 bits per heavy atom. The molecule has 1 aliphatic heterocycles. The first kappa shape index (κ1) is 18.9. The number of rotatable bonds is 6. The first-order valence-electron chi connectivity index (χ1n) is 8.46. The lowest BCUT2D eigenvalue weighted by atomic mass is 9.94. The summed E-state index contributed by atoms with van der Waals surface area (Å²) >= 11 is 0. The fourth-order valence-corrected chi connectivity index (χ4v) is 3.06. The zero-order valence-corrected chi connectivity index (χ0v) is 14.9. The Labute approximate surface area is 147 Å². The van der Waals surface area contributed by atoms with E-state index in [-0.39, 0.29) is 36.9 Å². The smallest absolute Gasteiger partial charge is 0.365 e. The lowest BCUT2D eigenvalue weighted by Crippen LogP contribution is -3.17. The number of hydrogen-bond donors (Lipinski definition) is 3. The molecule has 0 aliphatic carbocycles. The quantitative estimate of drug-likeness (QED) is 0.564. The van der Waals surface area contributed by atoms with Gasteiger partial charge in [0.25, 0.3) is 5.91 Å². The van der Waals surface area contributed by atoms with Crippen molar-refractivity contribution < 1.29 is 24.0 Å². The van der Waals surface area contributed by atoms with Gasteiger partial charge in [-0.3, -0.25) is 9.59 Å². The Morgan fingerprint density at radius 1 is 1.20 bits per heavy atom. The summed E-state index contributed by atoms with van der Waals surface area (Å²) in [6.45, 7) is 4.33. The van der Waals surface area contributed by atoms with Crippen molar-refractivity contribution >= 4 is 17.8 Å². The molecule has 2 amide bonds. The van der Waals surface area contributed by atoms with Crippen molar-refractivity contribution in [1.29, 1.82) is 0 Å². The predicted molar refractivity (Wildman–Crippen MR) is 91.8 cm³/mol. The number of carbonyl (C=O) groups is 3. The third-order valence-electron chi connectivity index (χ3n) is 4.22. The molecular weight excluding hydrogens is 322 g/mol. The van der Waals surface area contributed by atoms with E-state index in [9.17, 15) is 14.4 Å². The van der Waals surface area contributed by atoms with Gasteiger partial charge in [-0.25, -0.2) is 4.79 Å². The second-order valence-electron chi connectivity index (χ2n) is 6.56. The third kappa shape index (κ3) is 5.29. The Balaban J connectivity index is 1.99. The molecule has 3 N–H and O–H groups in total. The van der Waals surface area contributed by atoms with Gasteiger partial charge in [-0.2, -0.15) is 0 Å². The molecule has 0 aromatic heterocycles. The van der Waals surface area contributed by atoms with Crippen molar-refractivity contribution in [1.82, 2.24) is 10.6 Å². The molecule has 1 aromatic rings. The fraction of sp³-hybridized carbons (Fsp3) is 0.500. The van der Waals surface area contributed by atoms with Crippen LogP contribution in [0.3, 0.4) is 0 Å². The number of amides is 2. The van der Waals surface area contributed by atoms with Gasteiger partial charge in [-0.05, 0) is 19.4 Å². The van der Waals surface area contributed by atoms with Gasteiger partial charge in [0.15, 0.2) is 12.6 Å². The molecule has 7 nitrogen and oxygen atoms in total. The summed E-state index contributed by atoms with van der Waals surface area (Å²) in [6, 6.07) is 7.51. The van der Waals surface area contributed by atoms with Crippen molar-refractivity contribution in [3.8, 4) is 0 Å². The zero-order chi connectivity index (χ0) is 18.4. The van der Waals surface area contributed by atoms with Crippen LogP contribution < -0.4 is 15.5 Å². The van der Waals surface area contributed by atoms with Gasteiger partial charge in [0.1, 0.15) is 6.54 Å². The van der Waals surface area contributed by atoms with Crippen molar-refractivity contribution in [3.63, 3.8) is 0 Å². The van der Waals surface area contributed by atoms with Gasteiger partial charge in [-0.15, -0.1) is 0 Å². The average Bonchev–Trinajstić information content (AvgIpc) is 2.58. The molecule has 0 radical (unpaired) electrons. The van der Waals surface area contributed by atoms with Crippen LogP contribution in [0.1, 0.15) is 25.0 Å². The van der Waals surface area contributed by atoms with E-state index in [2.05, 4.69) is 10.6 Å². The topological polar surface area (TPSA) is 88.9 Å². The molecule has 1 aliphatic rings. The number of nitrogens with one attached hydrogen (secondary N) is 3. The maximum atomic E-state index is 12.2. The van der Waals surface area contributed by atoms with E-state index in [0.717, 1.165) is 16.0 Å². The number of benzene rings is 1. The first-order valence-corrected chi connectivity index (χ1v) is 8.46. The van der Waals surface area contributed by atoms with Crippen LogP contribution >= 0.6 is 0 Å². The van der Waals surface area contributed by atoms with E-state index in [4.69, 9.17) is 4.74 Å². The summed E-state index contributed by atoms with van der Waals surface area (Å²) in [7, 11) is 1.36. The van der Waals surface area contributed by atoms with E-state index in [1.165, 1.54) is 7.11 Å². The van der Waals surface area contributed by atoms with Gasteiger partial charge in [0.2, 0.25) is 5.91 Å². The molecule has 136 valence electrons. The highest BCUT2D eigenvalue weighted by atomic mass is 16.5. The summed E-state index contributed by atoms with van der Waals surface area (Å²) in [4.78, 5) is 36.8. The van der Waals surface area contributed by atoms with Crippen LogP contribution in [0, 0.1) is 0 Å². The molecule has 0 bridgehead atoms. The van der Waals surface area contributed by atoms with E-state index in [0.29, 0.717) is 13.0 Å². The summed E-state index contributed by atoms with van der Waals surface area (Å²) in [6.07, 6.45) is 0.541. The molecule has 1 heterocycles. The van der Waals surface area contributed by atoms with Crippen LogP contribution in [-0.4, -0.2) is 50.1 Å². The lowest BCUT2D eigenvalue weighted by molar-refractivity contribution is -0.924. The van der Waals surface area contributed by atoms with E-state index in [1.807, 2.05) is 38.1 Å². The average molecular weight is 348 g/mol.